The van der Waals surface area contributed by atoms with E-state index in [9.17, 15) is 31.4 Å². The average molecular weight is 533 g/mol. The second-order valence-corrected chi connectivity index (χ2v) is 9.05. The second kappa shape index (κ2) is 11.2. The van der Waals surface area contributed by atoms with Crippen molar-refractivity contribution in [2.75, 3.05) is 17.2 Å². The molecule has 0 radical (unpaired) electrons. The van der Waals surface area contributed by atoms with Crippen molar-refractivity contribution in [1.82, 2.24) is 9.97 Å². The smallest absolute Gasteiger partial charge is 0.406 e. The van der Waals surface area contributed by atoms with Gasteiger partial charge in [0.2, 0.25) is 5.95 Å². The van der Waals surface area contributed by atoms with Crippen LogP contribution in [0.15, 0.2) is 59.5 Å². The van der Waals surface area contributed by atoms with E-state index >= 15 is 0 Å². The monoisotopic (exact) mass is 532 g/mol. The highest BCUT2D eigenvalue weighted by Gasteiger charge is 2.31. The first-order valence-electron chi connectivity index (χ1n) is 10.6. The van der Waals surface area contributed by atoms with Crippen LogP contribution < -0.4 is 15.4 Å². The van der Waals surface area contributed by atoms with Crippen LogP contribution >= 0.6 is 11.8 Å². The second-order valence-electron chi connectivity index (χ2n) is 7.92. The van der Waals surface area contributed by atoms with Gasteiger partial charge in [0, 0.05) is 22.2 Å². The highest BCUT2D eigenvalue weighted by molar-refractivity contribution is 8.00. The van der Waals surface area contributed by atoms with Crippen molar-refractivity contribution in [2.24, 2.45) is 5.92 Å². The molecule has 6 nitrogen and oxygen atoms in total. The first-order chi connectivity index (χ1) is 16.8. The lowest BCUT2D eigenvalue weighted by molar-refractivity contribution is -0.274. The van der Waals surface area contributed by atoms with Crippen molar-refractivity contribution in [1.29, 1.82) is 0 Å². The molecule has 194 valence electrons. The Balaban J connectivity index is 1.99. The third-order valence-electron chi connectivity index (χ3n) is 4.75. The Morgan fingerprint density at radius 2 is 1.69 bits per heavy atom. The van der Waals surface area contributed by atoms with E-state index in [1.54, 1.807) is 0 Å². The van der Waals surface area contributed by atoms with E-state index in [4.69, 9.17) is 0 Å². The molecule has 0 aliphatic heterocycles. The lowest BCUT2D eigenvalue weighted by Gasteiger charge is -2.21. The van der Waals surface area contributed by atoms with E-state index in [2.05, 4.69) is 25.3 Å². The topological polar surface area (TPSA) is 79.3 Å². The number of hydrogen-bond acceptors (Lipinski definition) is 7. The summed E-state index contributed by atoms with van der Waals surface area (Å²) < 4.78 is 80.3. The van der Waals surface area contributed by atoms with Crippen LogP contribution in [0.3, 0.4) is 0 Å². The van der Waals surface area contributed by atoms with Gasteiger partial charge in [0.05, 0.1) is 18.3 Å². The zero-order valence-electron chi connectivity index (χ0n) is 19.0. The Hall–Kier alpha value is -3.19. The highest BCUT2D eigenvalue weighted by atomic mass is 32.2. The maximum atomic E-state index is 12.8. The number of aromatic nitrogens is 2. The number of thioether (sulfide) groups is 1. The van der Waals surface area contributed by atoms with E-state index in [1.165, 1.54) is 42.5 Å². The summed E-state index contributed by atoms with van der Waals surface area (Å²) >= 11 is -0.269. The molecule has 0 bridgehead atoms. The van der Waals surface area contributed by atoms with Crippen LogP contribution in [0.25, 0.3) is 11.3 Å². The Morgan fingerprint density at radius 1 is 0.972 bits per heavy atom. The molecular formula is C23H22F6N4O2S. The number of ether oxygens (including phenoxy) is 1. The highest BCUT2D eigenvalue weighted by Crippen LogP contribution is 2.38. The van der Waals surface area contributed by atoms with E-state index in [0.717, 1.165) is 12.1 Å². The van der Waals surface area contributed by atoms with Crippen LogP contribution in [0.5, 0.6) is 5.75 Å². The quantitative estimate of drug-likeness (QED) is 0.206. The molecule has 0 saturated carbocycles. The Labute approximate surface area is 207 Å². The van der Waals surface area contributed by atoms with Gasteiger partial charge in [-0.3, -0.25) is 0 Å². The van der Waals surface area contributed by atoms with Gasteiger partial charge in [0.1, 0.15) is 11.6 Å². The SMILES string of the molecule is CC(C)[C@H](CO)Nc1nc(Nc2cccc(SC(F)(F)F)c2)cc(-c2cccc(OC(F)(F)F)c2)n1. The minimum atomic E-state index is -4.88. The molecule has 3 rings (SSSR count). The molecule has 0 spiro atoms. The fourth-order valence-electron chi connectivity index (χ4n) is 3.08. The third-order valence-corrected chi connectivity index (χ3v) is 5.47. The molecule has 0 aliphatic rings. The van der Waals surface area contributed by atoms with Crippen molar-refractivity contribution < 1.29 is 36.2 Å². The van der Waals surface area contributed by atoms with Crippen LogP contribution in [0.4, 0.5) is 43.8 Å². The Morgan fingerprint density at radius 3 is 2.33 bits per heavy atom. The summed E-state index contributed by atoms with van der Waals surface area (Å²) in [6, 6.07) is 11.7. The largest absolute Gasteiger partial charge is 0.573 e. The van der Waals surface area contributed by atoms with Crippen molar-refractivity contribution in [3.8, 4) is 17.0 Å². The molecule has 3 N–H and O–H groups in total. The Kier molecular flexibility index (Phi) is 8.56. The van der Waals surface area contributed by atoms with Gasteiger partial charge in [-0.15, -0.1) is 13.2 Å². The van der Waals surface area contributed by atoms with Crippen molar-refractivity contribution in [2.45, 2.75) is 36.7 Å². The number of rotatable bonds is 9. The van der Waals surface area contributed by atoms with E-state index in [-0.39, 0.29) is 52.2 Å². The van der Waals surface area contributed by atoms with Crippen LogP contribution in [-0.4, -0.2) is 39.6 Å². The zero-order chi connectivity index (χ0) is 26.5. The van der Waals surface area contributed by atoms with Crippen LogP contribution in [0.1, 0.15) is 13.8 Å². The summed E-state index contributed by atoms with van der Waals surface area (Å²) in [5, 5.41) is 15.6. The number of nitrogens with one attached hydrogen (secondary N) is 2. The van der Waals surface area contributed by atoms with Gasteiger partial charge in [-0.05, 0) is 48.0 Å². The van der Waals surface area contributed by atoms with Gasteiger partial charge in [-0.25, -0.2) is 4.98 Å². The number of aliphatic hydroxyl groups is 1. The summed E-state index contributed by atoms with van der Waals surface area (Å²) in [4.78, 5) is 8.64. The first-order valence-corrected chi connectivity index (χ1v) is 11.4. The number of nitrogens with zero attached hydrogens (tertiary/aromatic N) is 2. The normalized spacial score (nSPS) is 12.9. The van der Waals surface area contributed by atoms with Gasteiger partial charge in [-0.1, -0.05) is 32.0 Å². The van der Waals surface area contributed by atoms with Crippen molar-refractivity contribution in [3.05, 3.63) is 54.6 Å². The number of anilines is 3. The predicted octanol–water partition coefficient (Wildman–Crippen LogP) is 6.83. The predicted molar refractivity (Wildman–Crippen MR) is 125 cm³/mol. The maximum Gasteiger partial charge on any atom is 0.573 e. The van der Waals surface area contributed by atoms with Gasteiger partial charge < -0.3 is 20.5 Å². The number of hydrogen-bond donors (Lipinski definition) is 3. The summed E-state index contributed by atoms with van der Waals surface area (Å²) in [5.74, 6) is -0.238. The molecule has 2 aromatic carbocycles. The van der Waals surface area contributed by atoms with Crippen LogP contribution in [0.2, 0.25) is 0 Å². The molecular weight excluding hydrogens is 510 g/mol. The van der Waals surface area contributed by atoms with Crippen molar-refractivity contribution >= 4 is 29.2 Å². The molecule has 1 atom stereocenters. The van der Waals surface area contributed by atoms with E-state index in [1.807, 2.05) is 13.8 Å². The summed E-state index contributed by atoms with van der Waals surface area (Å²) in [6.07, 6.45) is -4.88. The van der Waals surface area contributed by atoms with Crippen LogP contribution in [0, 0.1) is 5.92 Å². The van der Waals surface area contributed by atoms with Gasteiger partial charge in [0.15, 0.2) is 0 Å². The fraction of sp³-hybridized carbons (Fsp3) is 0.304. The van der Waals surface area contributed by atoms with Crippen molar-refractivity contribution in [3.63, 3.8) is 0 Å². The number of benzene rings is 2. The number of alkyl halides is 6. The van der Waals surface area contributed by atoms with Gasteiger partial charge in [-0.2, -0.15) is 18.2 Å². The summed E-state index contributed by atoms with van der Waals surface area (Å²) in [6.45, 7) is 3.48. The fourth-order valence-corrected chi connectivity index (χ4v) is 3.68. The lowest BCUT2D eigenvalue weighted by Crippen LogP contribution is -2.30. The average Bonchev–Trinajstić information content (AvgIpc) is 2.75. The molecule has 0 saturated heterocycles. The minimum Gasteiger partial charge on any atom is -0.406 e. The molecule has 0 fully saturated rings. The summed E-state index contributed by atoms with van der Waals surface area (Å²) in [5.41, 5.74) is -3.67. The van der Waals surface area contributed by atoms with Gasteiger partial charge in [0.25, 0.3) is 0 Å². The van der Waals surface area contributed by atoms with Gasteiger partial charge >= 0.3 is 11.9 Å². The molecule has 0 aliphatic carbocycles. The standard InChI is InChI=1S/C23H22F6N4O2S/c1-13(2)19(12-34)32-21-31-18(14-5-3-7-16(9-14)35-22(24,25)26)11-20(33-21)30-15-6-4-8-17(10-15)36-23(27,28)29/h3-11,13,19,34H,12H2,1-2H3,(H2,30,31,32,33)/t19-/m0/s1. The molecule has 0 unspecified atom stereocenters. The number of aliphatic hydroxyl groups excluding tert-OH is 1. The first kappa shape index (κ1) is 27.4. The maximum absolute atomic E-state index is 12.8. The molecule has 1 aromatic heterocycles. The third kappa shape index (κ3) is 8.48. The van der Waals surface area contributed by atoms with Crippen LogP contribution in [-0.2, 0) is 0 Å². The van der Waals surface area contributed by atoms with E-state index < -0.39 is 23.7 Å². The molecule has 13 heteroatoms. The minimum absolute atomic E-state index is 0.0155. The molecule has 1 heterocycles. The number of halogens is 6. The molecule has 3 aromatic rings. The Bertz CT molecular complexity index is 1170. The summed E-state index contributed by atoms with van der Waals surface area (Å²) in [7, 11) is 0. The van der Waals surface area contributed by atoms with E-state index in [0.29, 0.717) is 5.69 Å². The zero-order valence-corrected chi connectivity index (χ0v) is 19.8. The molecule has 36 heavy (non-hydrogen) atoms. The lowest BCUT2D eigenvalue weighted by atomic mass is 10.1. The molecule has 0 amide bonds.